The molecule has 0 unspecified atom stereocenters. The number of methoxy groups -OCH3 is 1. The minimum Gasteiger partial charge on any atom is -0.497 e. The second-order valence-corrected chi connectivity index (χ2v) is 9.62. The van der Waals surface area contributed by atoms with E-state index in [-0.39, 0.29) is 6.54 Å². The third kappa shape index (κ3) is 4.18. The Kier molecular flexibility index (Phi) is 6.55. The van der Waals surface area contributed by atoms with Crippen molar-refractivity contribution in [3.8, 4) is 11.8 Å². The van der Waals surface area contributed by atoms with Crippen molar-refractivity contribution in [2.24, 2.45) is 0 Å². The van der Waals surface area contributed by atoms with Crippen LogP contribution in [-0.4, -0.2) is 30.5 Å². The first-order chi connectivity index (χ1) is 18.0. The van der Waals surface area contributed by atoms with E-state index < -0.39 is 17.5 Å². The van der Waals surface area contributed by atoms with Gasteiger partial charge in [-0.2, -0.15) is 5.26 Å². The van der Waals surface area contributed by atoms with E-state index in [0.29, 0.717) is 30.7 Å². The number of nitrogens with zero attached hydrogens (tertiary/aromatic N) is 2. The molecule has 8 heteroatoms. The van der Waals surface area contributed by atoms with E-state index in [9.17, 15) is 14.9 Å². The maximum Gasteiger partial charge on any atom is 0.322 e. The summed E-state index contributed by atoms with van der Waals surface area (Å²) in [7, 11) is 1.66. The molecule has 6 rings (SSSR count). The Morgan fingerprint density at radius 3 is 2.57 bits per heavy atom. The van der Waals surface area contributed by atoms with Gasteiger partial charge in [0.15, 0.2) is 5.54 Å². The number of aryl methyl sites for hydroxylation is 1. The monoisotopic (exact) mass is 500 g/mol. The van der Waals surface area contributed by atoms with Crippen molar-refractivity contribution in [2.45, 2.75) is 64.5 Å². The standard InChI is InChI=1S/C27H26N4O4.C2H6/c1-34-20-9-8-18-14-31(24(21(18)12-20)17-5-3-6-17)15-27(25(32)29-26(33)30-27)23-11-19-10-16(13-28)4-2-7-22(19)35-23;1-2/h8-12H,2-7,14-15H2,1H3,(H2,29,30,32,33);1-2H3/t27-;/m0./s1. The SMILES string of the molecule is CC.COc1ccc2c(c1)C(=C1CCC1)N(C[C@@]1(c3cc4c(o3)CCCC(C#N)=C4)NC(=O)NC1=O)C2. The number of nitrogens with one attached hydrogen (secondary N) is 2. The average molecular weight is 501 g/mol. The van der Waals surface area contributed by atoms with Gasteiger partial charge in [-0.05, 0) is 67.5 Å². The highest BCUT2D eigenvalue weighted by Gasteiger charge is 2.53. The normalized spacial score (nSPS) is 21.9. The lowest BCUT2D eigenvalue weighted by molar-refractivity contribution is -0.125. The molecule has 1 aromatic carbocycles. The van der Waals surface area contributed by atoms with E-state index in [0.717, 1.165) is 59.6 Å². The van der Waals surface area contributed by atoms with Crippen molar-refractivity contribution in [3.05, 3.63) is 63.6 Å². The van der Waals surface area contributed by atoms with E-state index >= 15 is 0 Å². The number of imide groups is 1. The molecule has 192 valence electrons. The molecule has 2 N–H and O–H groups in total. The van der Waals surface area contributed by atoms with E-state index in [1.165, 1.54) is 5.57 Å². The number of allylic oxidation sites excluding steroid dienone is 2. The smallest absolute Gasteiger partial charge is 0.322 e. The first-order valence-corrected chi connectivity index (χ1v) is 13.0. The first kappa shape index (κ1) is 24.7. The number of fused-ring (bicyclic) bond motifs is 2. The van der Waals surface area contributed by atoms with Crippen LogP contribution in [0.4, 0.5) is 4.79 Å². The molecule has 37 heavy (non-hydrogen) atoms. The Bertz CT molecular complexity index is 1360. The molecule has 3 amide bonds. The van der Waals surface area contributed by atoms with Gasteiger partial charge in [0.1, 0.15) is 17.3 Å². The fourth-order valence-electron chi connectivity index (χ4n) is 5.53. The number of carbonyl (C=O) groups excluding carboxylic acids is 2. The predicted molar refractivity (Wildman–Crippen MR) is 139 cm³/mol. The van der Waals surface area contributed by atoms with E-state index in [4.69, 9.17) is 9.15 Å². The minimum atomic E-state index is -1.37. The van der Waals surface area contributed by atoms with Crippen LogP contribution >= 0.6 is 0 Å². The lowest BCUT2D eigenvalue weighted by atomic mass is 9.87. The summed E-state index contributed by atoms with van der Waals surface area (Å²) in [6.07, 6.45) is 7.18. The van der Waals surface area contributed by atoms with Crippen LogP contribution in [0.5, 0.6) is 5.75 Å². The molecular formula is C29H32N4O4. The summed E-state index contributed by atoms with van der Waals surface area (Å²) in [6.45, 7) is 4.86. The summed E-state index contributed by atoms with van der Waals surface area (Å²) in [6, 6.07) is 9.59. The maximum atomic E-state index is 13.3. The fourth-order valence-corrected chi connectivity index (χ4v) is 5.53. The molecule has 0 radical (unpaired) electrons. The number of urea groups is 1. The van der Waals surface area contributed by atoms with Gasteiger partial charge in [0, 0.05) is 35.4 Å². The number of furan rings is 1. The predicted octanol–water partition coefficient (Wildman–Crippen LogP) is 5.00. The van der Waals surface area contributed by atoms with Crippen molar-refractivity contribution in [1.29, 1.82) is 5.26 Å². The number of carbonyl (C=O) groups is 2. The summed E-state index contributed by atoms with van der Waals surface area (Å²) in [5.41, 5.74) is 4.88. The van der Waals surface area contributed by atoms with Crippen LogP contribution in [-0.2, 0) is 23.3 Å². The van der Waals surface area contributed by atoms with Gasteiger partial charge in [0.2, 0.25) is 0 Å². The number of hydrogen-bond donors (Lipinski definition) is 2. The molecule has 0 bridgehead atoms. The average Bonchev–Trinajstić information content (AvgIpc) is 3.48. The van der Waals surface area contributed by atoms with Gasteiger partial charge in [-0.25, -0.2) is 4.79 Å². The van der Waals surface area contributed by atoms with Gasteiger partial charge in [0.05, 0.1) is 19.7 Å². The van der Waals surface area contributed by atoms with Crippen molar-refractivity contribution in [1.82, 2.24) is 15.5 Å². The van der Waals surface area contributed by atoms with Crippen LogP contribution in [0.2, 0.25) is 0 Å². The topological polar surface area (TPSA) is 108 Å². The molecule has 3 heterocycles. The third-order valence-electron chi connectivity index (χ3n) is 7.50. The van der Waals surface area contributed by atoms with Crippen LogP contribution in [0.15, 0.2) is 39.8 Å². The van der Waals surface area contributed by atoms with Crippen LogP contribution in [0, 0.1) is 11.3 Å². The zero-order chi connectivity index (χ0) is 26.2. The molecule has 4 aliphatic rings. The Labute approximate surface area is 217 Å². The Morgan fingerprint density at radius 1 is 1.14 bits per heavy atom. The van der Waals surface area contributed by atoms with Crippen LogP contribution < -0.4 is 15.4 Å². The fraction of sp³-hybridized carbons (Fsp3) is 0.414. The third-order valence-corrected chi connectivity index (χ3v) is 7.50. The molecule has 8 nitrogen and oxygen atoms in total. The summed E-state index contributed by atoms with van der Waals surface area (Å²) in [4.78, 5) is 27.9. The number of hydrogen-bond acceptors (Lipinski definition) is 6. The van der Waals surface area contributed by atoms with Gasteiger partial charge in [0.25, 0.3) is 5.91 Å². The molecule has 1 saturated heterocycles. The number of ether oxygens (including phenoxy) is 1. The van der Waals surface area contributed by atoms with E-state index in [1.54, 1.807) is 7.11 Å². The zero-order valence-corrected chi connectivity index (χ0v) is 21.6. The number of rotatable bonds is 4. The van der Waals surface area contributed by atoms with Crippen LogP contribution in [0.25, 0.3) is 11.8 Å². The highest BCUT2D eigenvalue weighted by Crippen LogP contribution is 2.45. The minimum absolute atomic E-state index is 0.238. The van der Waals surface area contributed by atoms with Crippen LogP contribution in [0.3, 0.4) is 0 Å². The Hall–Kier alpha value is -3.99. The Morgan fingerprint density at radius 2 is 1.92 bits per heavy atom. The van der Waals surface area contributed by atoms with Crippen molar-refractivity contribution >= 4 is 23.7 Å². The highest BCUT2D eigenvalue weighted by molar-refractivity contribution is 6.07. The molecule has 2 fully saturated rings. The number of amides is 3. The molecule has 2 aromatic rings. The summed E-state index contributed by atoms with van der Waals surface area (Å²) in [5, 5.41) is 14.7. The molecule has 1 saturated carbocycles. The van der Waals surface area contributed by atoms with E-state index in [2.05, 4.69) is 33.7 Å². The second-order valence-electron chi connectivity index (χ2n) is 9.62. The first-order valence-electron chi connectivity index (χ1n) is 13.0. The van der Waals surface area contributed by atoms with Crippen molar-refractivity contribution < 1.29 is 18.7 Å². The summed E-state index contributed by atoms with van der Waals surface area (Å²) >= 11 is 0. The van der Waals surface area contributed by atoms with Crippen LogP contribution in [0.1, 0.15) is 74.2 Å². The molecule has 1 aromatic heterocycles. The Balaban J connectivity index is 0.00000137. The van der Waals surface area contributed by atoms with Gasteiger partial charge in [-0.15, -0.1) is 0 Å². The highest BCUT2D eigenvalue weighted by atomic mass is 16.5. The summed E-state index contributed by atoms with van der Waals surface area (Å²) in [5.74, 6) is 1.50. The zero-order valence-electron chi connectivity index (χ0n) is 21.6. The van der Waals surface area contributed by atoms with Gasteiger partial charge in [-0.3, -0.25) is 10.1 Å². The lowest BCUT2D eigenvalue weighted by Crippen LogP contribution is -2.51. The quantitative estimate of drug-likeness (QED) is 0.572. The molecule has 1 atom stereocenters. The number of nitriles is 1. The maximum absolute atomic E-state index is 13.3. The van der Waals surface area contributed by atoms with Crippen molar-refractivity contribution in [2.75, 3.05) is 13.7 Å². The number of benzene rings is 1. The lowest BCUT2D eigenvalue weighted by Gasteiger charge is -2.34. The molecule has 2 aliphatic carbocycles. The van der Waals surface area contributed by atoms with Gasteiger partial charge < -0.3 is 19.4 Å². The van der Waals surface area contributed by atoms with Gasteiger partial charge in [-0.1, -0.05) is 19.9 Å². The van der Waals surface area contributed by atoms with Crippen molar-refractivity contribution in [3.63, 3.8) is 0 Å². The van der Waals surface area contributed by atoms with E-state index in [1.807, 2.05) is 32.1 Å². The summed E-state index contributed by atoms with van der Waals surface area (Å²) < 4.78 is 11.7. The molecule has 0 spiro atoms. The molecular weight excluding hydrogens is 468 g/mol. The van der Waals surface area contributed by atoms with Gasteiger partial charge >= 0.3 is 6.03 Å². The largest absolute Gasteiger partial charge is 0.497 e. The molecule has 2 aliphatic heterocycles. The second kappa shape index (κ2) is 9.81.